The Morgan fingerprint density at radius 3 is 2.43 bits per heavy atom. The molecule has 1 aromatic heterocycles. The van der Waals surface area contributed by atoms with Gasteiger partial charge in [-0.3, -0.25) is 4.79 Å². The lowest BCUT2D eigenvalue weighted by Gasteiger charge is -2.58. The largest absolute Gasteiger partial charge is 0.390 e. The van der Waals surface area contributed by atoms with Crippen LogP contribution >= 0.6 is 0 Å². The third kappa shape index (κ3) is 3.05. The zero-order valence-corrected chi connectivity index (χ0v) is 16.9. The molecule has 5 aliphatic rings. The molecule has 8 heteroatoms. The molecule has 28 heavy (non-hydrogen) atoms. The molecule has 7 nitrogen and oxygen atoms in total. The van der Waals surface area contributed by atoms with E-state index in [0.29, 0.717) is 29.0 Å². The standard InChI is InChI=1S/C20H27N3O4S/c1-28(26,27)19-21-10-15(17(23-19)12-3-2-4-12)18(24)22-16-13-5-11-6-14(16)9-20(25,7-11)8-13/h10-14,16,25H,2-9H2,1H3,(H,22,24)/t11?,13-,14+,16?,20?. The molecule has 0 aromatic carbocycles. The minimum atomic E-state index is -3.51. The van der Waals surface area contributed by atoms with Crippen molar-refractivity contribution in [3.63, 3.8) is 0 Å². The summed E-state index contributed by atoms with van der Waals surface area (Å²) in [6.07, 6.45) is 9.97. The molecule has 0 saturated heterocycles. The molecule has 0 aliphatic heterocycles. The molecule has 5 saturated carbocycles. The van der Waals surface area contributed by atoms with Gasteiger partial charge in [-0.1, -0.05) is 6.42 Å². The van der Waals surface area contributed by atoms with E-state index in [1.165, 1.54) is 6.20 Å². The van der Waals surface area contributed by atoms with E-state index in [-0.39, 0.29) is 23.0 Å². The first kappa shape index (κ1) is 18.5. The van der Waals surface area contributed by atoms with Crippen molar-refractivity contribution >= 4 is 15.7 Å². The molecule has 152 valence electrons. The molecule has 1 aromatic rings. The lowest BCUT2D eigenvalue weighted by atomic mass is 9.52. The molecule has 1 amide bonds. The Hall–Kier alpha value is -1.54. The number of carbonyl (C=O) groups is 1. The molecule has 0 radical (unpaired) electrons. The van der Waals surface area contributed by atoms with Crippen LogP contribution in [0.1, 0.15) is 73.3 Å². The Bertz CT molecular complexity index is 911. The van der Waals surface area contributed by atoms with Gasteiger partial charge in [0.25, 0.3) is 5.91 Å². The molecule has 6 rings (SSSR count). The maximum absolute atomic E-state index is 13.1. The molecule has 3 unspecified atom stereocenters. The second-order valence-electron chi connectivity index (χ2n) is 9.55. The van der Waals surface area contributed by atoms with Crippen LogP contribution in [0.4, 0.5) is 0 Å². The average molecular weight is 406 g/mol. The van der Waals surface area contributed by atoms with Crippen LogP contribution in [0.25, 0.3) is 0 Å². The van der Waals surface area contributed by atoms with E-state index in [0.717, 1.165) is 57.6 Å². The summed E-state index contributed by atoms with van der Waals surface area (Å²) < 4.78 is 23.7. The fraction of sp³-hybridized carbons (Fsp3) is 0.750. The van der Waals surface area contributed by atoms with Crippen molar-refractivity contribution in [2.24, 2.45) is 17.8 Å². The van der Waals surface area contributed by atoms with Crippen LogP contribution in [-0.4, -0.2) is 47.3 Å². The number of aromatic nitrogens is 2. The van der Waals surface area contributed by atoms with E-state index in [2.05, 4.69) is 15.3 Å². The summed E-state index contributed by atoms with van der Waals surface area (Å²) in [4.78, 5) is 21.4. The van der Waals surface area contributed by atoms with E-state index in [4.69, 9.17) is 0 Å². The van der Waals surface area contributed by atoms with Gasteiger partial charge in [0, 0.05) is 24.4 Å². The zero-order valence-electron chi connectivity index (χ0n) is 16.1. The molecule has 1 heterocycles. The van der Waals surface area contributed by atoms with Crippen molar-refractivity contribution in [2.45, 2.75) is 74.1 Å². The number of hydrogen-bond donors (Lipinski definition) is 2. The number of carbonyl (C=O) groups excluding carboxylic acids is 1. The summed E-state index contributed by atoms with van der Waals surface area (Å²) in [6.45, 7) is 0. The van der Waals surface area contributed by atoms with Crippen LogP contribution < -0.4 is 5.32 Å². The summed E-state index contributed by atoms with van der Waals surface area (Å²) in [5.74, 6) is 1.15. The van der Waals surface area contributed by atoms with E-state index >= 15 is 0 Å². The minimum absolute atomic E-state index is 0.0770. The third-order valence-corrected chi connectivity index (χ3v) is 8.26. The Morgan fingerprint density at radius 2 is 1.89 bits per heavy atom. The van der Waals surface area contributed by atoms with Crippen LogP contribution in [0.3, 0.4) is 0 Å². The van der Waals surface area contributed by atoms with E-state index in [1.807, 2.05) is 0 Å². The van der Waals surface area contributed by atoms with Gasteiger partial charge in [0.2, 0.25) is 15.0 Å². The third-order valence-electron chi connectivity index (χ3n) is 7.40. The van der Waals surface area contributed by atoms with Gasteiger partial charge in [0.1, 0.15) is 0 Å². The summed E-state index contributed by atoms with van der Waals surface area (Å²) in [5.41, 5.74) is 0.445. The van der Waals surface area contributed by atoms with Crippen molar-refractivity contribution in [1.82, 2.24) is 15.3 Å². The second-order valence-corrected chi connectivity index (χ2v) is 11.5. The molecule has 5 fully saturated rings. The smallest absolute Gasteiger partial charge is 0.254 e. The summed E-state index contributed by atoms with van der Waals surface area (Å²) in [6, 6.07) is 0.0770. The van der Waals surface area contributed by atoms with Gasteiger partial charge in [0.05, 0.1) is 16.9 Å². The Labute approximate surface area is 165 Å². The van der Waals surface area contributed by atoms with Crippen molar-refractivity contribution < 1.29 is 18.3 Å². The first-order valence-corrected chi connectivity index (χ1v) is 12.2. The number of hydrogen-bond acceptors (Lipinski definition) is 6. The van der Waals surface area contributed by atoms with Crippen LogP contribution in [-0.2, 0) is 9.84 Å². The van der Waals surface area contributed by atoms with Gasteiger partial charge >= 0.3 is 0 Å². The molecular formula is C20H27N3O4S. The first-order chi connectivity index (χ1) is 13.2. The molecule has 4 bridgehead atoms. The molecular weight excluding hydrogens is 378 g/mol. The van der Waals surface area contributed by atoms with Gasteiger partial charge in [-0.05, 0) is 62.7 Å². The van der Waals surface area contributed by atoms with Crippen molar-refractivity contribution in [1.29, 1.82) is 0 Å². The molecule has 5 atom stereocenters. The Morgan fingerprint density at radius 1 is 1.21 bits per heavy atom. The predicted octanol–water partition coefficient (Wildman–Crippen LogP) is 1.82. The fourth-order valence-corrected chi connectivity index (χ4v) is 6.68. The second kappa shape index (κ2) is 6.23. The number of rotatable bonds is 4. The minimum Gasteiger partial charge on any atom is -0.390 e. The number of aliphatic hydroxyl groups is 1. The average Bonchev–Trinajstić information content (AvgIpc) is 2.54. The first-order valence-electron chi connectivity index (χ1n) is 10.3. The van der Waals surface area contributed by atoms with Crippen molar-refractivity contribution in [3.8, 4) is 0 Å². The van der Waals surface area contributed by atoms with E-state index < -0.39 is 15.4 Å². The fourth-order valence-electron chi connectivity index (χ4n) is 6.17. The van der Waals surface area contributed by atoms with Gasteiger partial charge in [0.15, 0.2) is 0 Å². The SMILES string of the molecule is CS(=O)(=O)c1ncc(C(=O)NC2[C@@H]3CC4C[C@H]2CC(O)(C4)C3)c(C2CCC2)n1. The zero-order chi connectivity index (χ0) is 19.7. The highest BCUT2D eigenvalue weighted by Crippen LogP contribution is 2.55. The maximum atomic E-state index is 13.1. The van der Waals surface area contributed by atoms with Crippen LogP contribution in [0.15, 0.2) is 11.4 Å². The summed E-state index contributed by atoms with van der Waals surface area (Å²) in [5, 5.41) is 13.8. The molecule has 2 N–H and O–H groups in total. The van der Waals surface area contributed by atoms with Crippen LogP contribution in [0, 0.1) is 17.8 Å². The van der Waals surface area contributed by atoms with Gasteiger partial charge in [-0.25, -0.2) is 18.4 Å². The summed E-state index contributed by atoms with van der Waals surface area (Å²) in [7, 11) is -3.51. The molecule has 0 spiro atoms. The quantitative estimate of drug-likeness (QED) is 0.740. The molecule has 5 aliphatic carbocycles. The Balaban J connectivity index is 1.41. The number of sulfone groups is 1. The van der Waals surface area contributed by atoms with Gasteiger partial charge in [-0.2, -0.15) is 0 Å². The van der Waals surface area contributed by atoms with E-state index in [9.17, 15) is 18.3 Å². The number of nitrogens with zero attached hydrogens (tertiary/aromatic N) is 2. The summed E-state index contributed by atoms with van der Waals surface area (Å²) >= 11 is 0. The van der Waals surface area contributed by atoms with Gasteiger partial charge in [-0.15, -0.1) is 0 Å². The van der Waals surface area contributed by atoms with Crippen molar-refractivity contribution in [2.75, 3.05) is 6.26 Å². The Kier molecular flexibility index (Phi) is 4.11. The highest BCUT2D eigenvalue weighted by Gasteiger charge is 2.55. The maximum Gasteiger partial charge on any atom is 0.254 e. The van der Waals surface area contributed by atoms with Crippen LogP contribution in [0.5, 0.6) is 0 Å². The topological polar surface area (TPSA) is 109 Å². The van der Waals surface area contributed by atoms with Gasteiger partial charge < -0.3 is 10.4 Å². The lowest BCUT2D eigenvalue weighted by molar-refractivity contribution is -0.136. The monoisotopic (exact) mass is 405 g/mol. The van der Waals surface area contributed by atoms with Crippen LogP contribution in [0.2, 0.25) is 0 Å². The highest BCUT2D eigenvalue weighted by atomic mass is 32.2. The van der Waals surface area contributed by atoms with Crippen molar-refractivity contribution in [3.05, 3.63) is 17.5 Å². The predicted molar refractivity (Wildman–Crippen MR) is 101 cm³/mol. The van der Waals surface area contributed by atoms with E-state index in [1.54, 1.807) is 0 Å². The highest BCUT2D eigenvalue weighted by molar-refractivity contribution is 7.90. The lowest BCUT2D eigenvalue weighted by Crippen LogP contribution is -2.61. The number of nitrogens with one attached hydrogen (secondary N) is 1. The number of amides is 1. The normalized spacial score (nSPS) is 36.9.